The second-order valence-electron chi connectivity index (χ2n) is 4.18. The first-order valence-corrected chi connectivity index (χ1v) is 6.03. The lowest BCUT2D eigenvalue weighted by Gasteiger charge is -2.23. The number of benzene rings is 1. The summed E-state index contributed by atoms with van der Waals surface area (Å²) in [6.45, 7) is 2.69. The van der Waals surface area contributed by atoms with Crippen LogP contribution in [0.2, 0.25) is 0 Å². The predicted molar refractivity (Wildman–Crippen MR) is 75.5 cm³/mol. The molecule has 0 bridgehead atoms. The number of methoxy groups -OCH3 is 1. The number of hydrogen-bond acceptors (Lipinski definition) is 4. The highest BCUT2D eigenvalue weighted by molar-refractivity contribution is 7.80. The molecule has 0 aromatic heterocycles. The molecule has 0 saturated carbocycles. The van der Waals surface area contributed by atoms with Crippen molar-refractivity contribution in [2.75, 3.05) is 14.2 Å². The molecule has 0 aliphatic rings. The monoisotopic (exact) mass is 266 g/mol. The minimum Gasteiger partial charge on any atom is -0.465 e. The molecule has 0 heterocycles. The lowest BCUT2D eigenvalue weighted by molar-refractivity contribution is 0.0600. The molecule has 1 atom stereocenters. The SMILES string of the molecule is COC(=O)c1ccc(CN(C)C(C)C(N)=S)cc1. The average molecular weight is 266 g/mol. The lowest BCUT2D eigenvalue weighted by atomic mass is 10.1. The summed E-state index contributed by atoms with van der Waals surface area (Å²) < 4.78 is 4.64. The van der Waals surface area contributed by atoms with Crippen LogP contribution in [-0.4, -0.2) is 36.1 Å². The number of thiocarbonyl (C=S) groups is 1. The first kappa shape index (κ1) is 14.6. The van der Waals surface area contributed by atoms with Crippen LogP contribution in [0.3, 0.4) is 0 Å². The van der Waals surface area contributed by atoms with Gasteiger partial charge in [0, 0.05) is 6.54 Å². The predicted octanol–water partition coefficient (Wildman–Crippen LogP) is 1.58. The van der Waals surface area contributed by atoms with Gasteiger partial charge in [0.1, 0.15) is 0 Å². The van der Waals surface area contributed by atoms with Crippen LogP contribution >= 0.6 is 12.2 Å². The summed E-state index contributed by atoms with van der Waals surface area (Å²) in [5, 5.41) is 0. The molecule has 1 aromatic rings. The van der Waals surface area contributed by atoms with E-state index in [-0.39, 0.29) is 12.0 Å². The number of nitrogens with zero attached hydrogens (tertiary/aromatic N) is 1. The summed E-state index contributed by atoms with van der Waals surface area (Å²) in [6, 6.07) is 7.34. The van der Waals surface area contributed by atoms with Crippen LogP contribution in [0.4, 0.5) is 0 Å². The van der Waals surface area contributed by atoms with Crippen molar-refractivity contribution in [3.05, 3.63) is 35.4 Å². The normalized spacial score (nSPS) is 12.2. The van der Waals surface area contributed by atoms with Gasteiger partial charge >= 0.3 is 5.97 Å². The van der Waals surface area contributed by atoms with Crippen molar-refractivity contribution < 1.29 is 9.53 Å². The number of hydrogen-bond donors (Lipinski definition) is 1. The summed E-state index contributed by atoms with van der Waals surface area (Å²) in [5.74, 6) is -0.327. The maximum atomic E-state index is 11.3. The third kappa shape index (κ3) is 3.78. The number of likely N-dealkylation sites (N-methyl/N-ethyl adjacent to an activating group) is 1. The molecule has 1 aromatic carbocycles. The van der Waals surface area contributed by atoms with Gasteiger partial charge in [-0.25, -0.2) is 4.79 Å². The molecule has 0 aliphatic carbocycles. The third-order valence-electron chi connectivity index (χ3n) is 2.88. The number of ether oxygens (including phenoxy) is 1. The topological polar surface area (TPSA) is 55.6 Å². The van der Waals surface area contributed by atoms with Crippen molar-refractivity contribution in [1.29, 1.82) is 0 Å². The Bertz CT molecular complexity index is 431. The molecule has 1 rings (SSSR count). The second kappa shape index (κ2) is 6.47. The zero-order valence-corrected chi connectivity index (χ0v) is 11.7. The Labute approximate surface area is 113 Å². The summed E-state index contributed by atoms with van der Waals surface area (Å²) in [7, 11) is 3.33. The minimum absolute atomic E-state index is 0.0419. The van der Waals surface area contributed by atoms with E-state index < -0.39 is 0 Å². The number of rotatable bonds is 5. The molecule has 18 heavy (non-hydrogen) atoms. The number of carbonyl (C=O) groups excluding carboxylic acids is 1. The van der Waals surface area contributed by atoms with Crippen molar-refractivity contribution >= 4 is 23.2 Å². The molecule has 1 unspecified atom stereocenters. The van der Waals surface area contributed by atoms with Gasteiger partial charge in [-0.05, 0) is 31.7 Å². The van der Waals surface area contributed by atoms with Crippen molar-refractivity contribution in [3.63, 3.8) is 0 Å². The fraction of sp³-hybridized carbons (Fsp3) is 0.385. The lowest BCUT2D eigenvalue weighted by Crippen LogP contribution is -2.38. The zero-order valence-electron chi connectivity index (χ0n) is 10.8. The van der Waals surface area contributed by atoms with E-state index in [1.807, 2.05) is 26.1 Å². The summed E-state index contributed by atoms with van der Waals surface area (Å²) in [6.07, 6.45) is 0. The largest absolute Gasteiger partial charge is 0.465 e. The molecule has 0 radical (unpaired) electrons. The van der Waals surface area contributed by atoms with E-state index in [1.54, 1.807) is 12.1 Å². The number of esters is 1. The van der Waals surface area contributed by atoms with E-state index in [9.17, 15) is 4.79 Å². The Kier molecular flexibility index (Phi) is 5.25. The maximum absolute atomic E-state index is 11.3. The van der Waals surface area contributed by atoms with E-state index in [1.165, 1.54) is 7.11 Å². The quantitative estimate of drug-likeness (QED) is 0.648. The molecule has 0 amide bonds. The average Bonchev–Trinajstić information content (AvgIpc) is 2.37. The molecule has 0 fully saturated rings. The minimum atomic E-state index is -0.327. The Hall–Kier alpha value is -1.46. The van der Waals surface area contributed by atoms with Crippen molar-refractivity contribution in [3.8, 4) is 0 Å². The van der Waals surface area contributed by atoms with Crippen LogP contribution in [-0.2, 0) is 11.3 Å². The third-order valence-corrected chi connectivity index (χ3v) is 3.22. The van der Waals surface area contributed by atoms with Gasteiger partial charge in [0.25, 0.3) is 0 Å². The molecule has 2 N–H and O–H groups in total. The molecular formula is C13H18N2O2S. The molecule has 0 saturated heterocycles. The Morgan fingerprint density at radius 3 is 2.44 bits per heavy atom. The first-order valence-electron chi connectivity index (χ1n) is 5.62. The van der Waals surface area contributed by atoms with Gasteiger partial charge in [-0.15, -0.1) is 0 Å². The molecule has 4 nitrogen and oxygen atoms in total. The Morgan fingerprint density at radius 2 is 2.00 bits per heavy atom. The molecule has 0 spiro atoms. The summed E-state index contributed by atoms with van der Waals surface area (Å²) >= 11 is 4.96. The van der Waals surface area contributed by atoms with E-state index in [2.05, 4.69) is 9.64 Å². The highest BCUT2D eigenvalue weighted by atomic mass is 32.1. The van der Waals surface area contributed by atoms with Crippen molar-refractivity contribution in [1.82, 2.24) is 4.90 Å². The fourth-order valence-electron chi connectivity index (χ4n) is 1.51. The maximum Gasteiger partial charge on any atom is 0.337 e. The van der Waals surface area contributed by atoms with Gasteiger partial charge in [-0.1, -0.05) is 24.4 Å². The van der Waals surface area contributed by atoms with Crippen molar-refractivity contribution in [2.24, 2.45) is 5.73 Å². The molecule has 98 valence electrons. The molecule has 0 aliphatic heterocycles. The van der Waals surface area contributed by atoms with Crippen LogP contribution in [0.5, 0.6) is 0 Å². The highest BCUT2D eigenvalue weighted by Gasteiger charge is 2.12. The fourth-order valence-corrected chi connectivity index (χ4v) is 1.69. The van der Waals surface area contributed by atoms with Crippen molar-refractivity contribution in [2.45, 2.75) is 19.5 Å². The van der Waals surface area contributed by atoms with Gasteiger partial charge in [0.05, 0.1) is 23.7 Å². The van der Waals surface area contributed by atoms with Gasteiger partial charge in [-0.3, -0.25) is 4.90 Å². The molecule has 5 heteroatoms. The molecular weight excluding hydrogens is 248 g/mol. The highest BCUT2D eigenvalue weighted by Crippen LogP contribution is 2.09. The van der Waals surface area contributed by atoms with Gasteiger partial charge in [-0.2, -0.15) is 0 Å². The Morgan fingerprint density at radius 1 is 1.44 bits per heavy atom. The van der Waals surface area contributed by atoms with Crippen LogP contribution < -0.4 is 5.73 Å². The van der Waals surface area contributed by atoms with E-state index >= 15 is 0 Å². The van der Waals surface area contributed by atoms with E-state index in [0.717, 1.165) is 12.1 Å². The zero-order chi connectivity index (χ0) is 13.7. The van der Waals surface area contributed by atoms with E-state index in [4.69, 9.17) is 18.0 Å². The second-order valence-corrected chi connectivity index (χ2v) is 4.65. The summed E-state index contributed by atoms with van der Waals surface area (Å²) in [5.41, 5.74) is 7.24. The van der Waals surface area contributed by atoms with Gasteiger partial charge in [0.15, 0.2) is 0 Å². The Balaban J connectivity index is 2.69. The van der Waals surface area contributed by atoms with Crippen LogP contribution in [0.25, 0.3) is 0 Å². The number of nitrogens with two attached hydrogens (primary N) is 1. The smallest absolute Gasteiger partial charge is 0.337 e. The van der Waals surface area contributed by atoms with Gasteiger partial charge in [0.2, 0.25) is 0 Å². The first-order chi connectivity index (χ1) is 8.45. The van der Waals surface area contributed by atoms with E-state index in [0.29, 0.717) is 10.6 Å². The van der Waals surface area contributed by atoms with Crippen LogP contribution in [0.15, 0.2) is 24.3 Å². The van der Waals surface area contributed by atoms with Gasteiger partial charge < -0.3 is 10.5 Å². The van der Waals surface area contributed by atoms with Crippen LogP contribution in [0, 0.1) is 0 Å². The number of carbonyl (C=O) groups is 1. The standard InChI is InChI=1S/C13H18N2O2S/c1-9(12(14)18)15(2)8-10-4-6-11(7-5-10)13(16)17-3/h4-7,9H,8H2,1-3H3,(H2,14,18). The van der Waals surface area contributed by atoms with Crippen LogP contribution in [0.1, 0.15) is 22.8 Å². The summed E-state index contributed by atoms with van der Waals surface area (Å²) in [4.78, 5) is 13.8.